The van der Waals surface area contributed by atoms with Gasteiger partial charge in [-0.05, 0) is 47.7 Å². The first-order chi connectivity index (χ1) is 12.5. The van der Waals surface area contributed by atoms with Gasteiger partial charge < -0.3 is 20.0 Å². The standard InChI is InChI=1S/C18H13ClN2O4S/c19-13-6-1-2-7-14(13)20-18-21-17(24)15(26-18)9-11-4-3-5-12(8-11)25-10-16(22)23/h1-9H,10H2,(H,22,23)(H,20,21,24)/p-1/b15-9-. The number of nitrogens with one attached hydrogen (secondary N) is 1. The Morgan fingerprint density at radius 1 is 1.27 bits per heavy atom. The number of amides is 1. The number of carbonyl (C=O) groups is 2. The summed E-state index contributed by atoms with van der Waals surface area (Å²) in [5, 5.41) is 14.1. The van der Waals surface area contributed by atoms with E-state index in [9.17, 15) is 14.7 Å². The van der Waals surface area contributed by atoms with E-state index in [2.05, 4.69) is 10.3 Å². The van der Waals surface area contributed by atoms with E-state index >= 15 is 0 Å². The number of amidine groups is 1. The third-order valence-electron chi connectivity index (χ3n) is 3.24. The van der Waals surface area contributed by atoms with Crippen LogP contribution in [-0.4, -0.2) is 23.7 Å². The number of carboxylic acids is 1. The van der Waals surface area contributed by atoms with Crippen LogP contribution in [0.15, 0.2) is 58.4 Å². The van der Waals surface area contributed by atoms with Gasteiger partial charge in [-0.1, -0.05) is 35.9 Å². The molecule has 2 aromatic rings. The summed E-state index contributed by atoms with van der Waals surface area (Å²) in [6, 6.07) is 13.8. The minimum Gasteiger partial charge on any atom is -0.546 e. The average molecular weight is 388 g/mol. The number of halogens is 1. The minimum atomic E-state index is -1.31. The Morgan fingerprint density at radius 2 is 2.08 bits per heavy atom. The second kappa shape index (κ2) is 8.07. The highest BCUT2D eigenvalue weighted by molar-refractivity contribution is 8.18. The van der Waals surface area contributed by atoms with Crippen molar-refractivity contribution in [1.29, 1.82) is 0 Å². The summed E-state index contributed by atoms with van der Waals surface area (Å²) in [4.78, 5) is 27.4. The van der Waals surface area contributed by atoms with Crippen LogP contribution in [0, 0.1) is 0 Å². The lowest BCUT2D eigenvalue weighted by Crippen LogP contribution is -2.28. The monoisotopic (exact) mass is 387 g/mol. The number of hydrogen-bond acceptors (Lipinski definition) is 6. The molecule has 1 aliphatic rings. The summed E-state index contributed by atoms with van der Waals surface area (Å²) in [7, 11) is 0. The second-order valence-corrected chi connectivity index (χ2v) is 6.60. The predicted molar refractivity (Wildman–Crippen MR) is 99.2 cm³/mol. The number of rotatable bonds is 5. The van der Waals surface area contributed by atoms with Crippen LogP contribution >= 0.6 is 23.4 Å². The molecule has 132 valence electrons. The third kappa shape index (κ3) is 4.65. The van der Waals surface area contributed by atoms with E-state index in [1.807, 2.05) is 6.07 Å². The summed E-state index contributed by atoms with van der Waals surface area (Å²) in [5.41, 5.74) is 1.26. The molecule has 2 aromatic carbocycles. The van der Waals surface area contributed by atoms with E-state index in [0.29, 0.717) is 32.1 Å². The normalized spacial score (nSPS) is 16.7. The summed E-state index contributed by atoms with van der Waals surface area (Å²) in [6.45, 7) is -0.538. The molecule has 1 amide bonds. The molecule has 1 aliphatic heterocycles. The molecule has 0 aromatic heterocycles. The molecule has 0 radical (unpaired) electrons. The van der Waals surface area contributed by atoms with Crippen molar-refractivity contribution in [1.82, 2.24) is 5.32 Å². The largest absolute Gasteiger partial charge is 0.546 e. The van der Waals surface area contributed by atoms with E-state index in [1.165, 1.54) is 11.8 Å². The number of carbonyl (C=O) groups excluding carboxylic acids is 2. The van der Waals surface area contributed by atoms with Crippen LogP contribution < -0.4 is 15.2 Å². The molecule has 1 saturated heterocycles. The summed E-state index contributed by atoms with van der Waals surface area (Å²) in [6.07, 6.45) is 1.67. The van der Waals surface area contributed by atoms with Gasteiger partial charge in [0.15, 0.2) is 5.17 Å². The Bertz CT molecular complexity index is 927. The number of benzene rings is 2. The first-order valence-electron chi connectivity index (χ1n) is 7.48. The summed E-state index contributed by atoms with van der Waals surface area (Å²) < 4.78 is 5.08. The first kappa shape index (κ1) is 18.0. The Labute approximate surface area is 158 Å². The van der Waals surface area contributed by atoms with E-state index in [1.54, 1.807) is 48.5 Å². The maximum Gasteiger partial charge on any atom is 0.264 e. The molecule has 0 unspecified atom stereocenters. The molecule has 1 N–H and O–H groups in total. The number of thioether (sulfide) groups is 1. The smallest absolute Gasteiger partial charge is 0.264 e. The third-order valence-corrected chi connectivity index (χ3v) is 4.47. The lowest BCUT2D eigenvalue weighted by atomic mass is 10.2. The fourth-order valence-corrected chi connectivity index (χ4v) is 3.13. The van der Waals surface area contributed by atoms with Crippen LogP contribution in [0.25, 0.3) is 6.08 Å². The number of aliphatic carboxylic acids is 1. The zero-order chi connectivity index (χ0) is 18.5. The van der Waals surface area contributed by atoms with Crippen molar-refractivity contribution in [3.8, 4) is 5.75 Å². The number of hydrogen-bond donors (Lipinski definition) is 1. The highest BCUT2D eigenvalue weighted by atomic mass is 35.5. The van der Waals surface area contributed by atoms with Crippen LogP contribution in [0.5, 0.6) is 5.75 Å². The predicted octanol–water partition coefficient (Wildman–Crippen LogP) is 2.36. The zero-order valence-electron chi connectivity index (χ0n) is 13.3. The molecule has 3 rings (SSSR count). The average Bonchev–Trinajstić information content (AvgIpc) is 2.95. The maximum atomic E-state index is 12.1. The topological polar surface area (TPSA) is 90.8 Å². The van der Waals surface area contributed by atoms with Gasteiger partial charge in [0, 0.05) is 0 Å². The molecular formula is C18H12ClN2O4S-. The van der Waals surface area contributed by atoms with Crippen molar-refractivity contribution in [2.24, 2.45) is 4.99 Å². The number of ether oxygens (including phenoxy) is 1. The van der Waals surface area contributed by atoms with Crippen LogP contribution in [0.3, 0.4) is 0 Å². The number of aliphatic imine (C=N–C) groups is 1. The van der Waals surface area contributed by atoms with E-state index in [4.69, 9.17) is 16.3 Å². The Morgan fingerprint density at radius 3 is 2.85 bits per heavy atom. The van der Waals surface area contributed by atoms with Crippen LogP contribution in [0.2, 0.25) is 5.02 Å². The molecule has 0 spiro atoms. The molecule has 0 saturated carbocycles. The highest BCUT2D eigenvalue weighted by Crippen LogP contribution is 2.31. The molecule has 6 nitrogen and oxygen atoms in total. The molecule has 0 atom stereocenters. The fraction of sp³-hybridized carbons (Fsp3) is 0.0556. The first-order valence-corrected chi connectivity index (χ1v) is 8.67. The number of nitrogens with zero attached hydrogens (tertiary/aromatic N) is 1. The second-order valence-electron chi connectivity index (χ2n) is 5.17. The lowest BCUT2D eigenvalue weighted by Gasteiger charge is -2.07. The lowest BCUT2D eigenvalue weighted by molar-refractivity contribution is -0.307. The van der Waals surface area contributed by atoms with Crippen molar-refractivity contribution in [2.75, 3.05) is 6.61 Å². The van der Waals surface area contributed by atoms with Gasteiger partial charge in [0.05, 0.1) is 21.6 Å². The van der Waals surface area contributed by atoms with Crippen LogP contribution in [-0.2, 0) is 9.59 Å². The SMILES string of the molecule is O=C([O-])COc1cccc(/C=C2\SC(=Nc3ccccc3Cl)NC2=O)c1. The Hall–Kier alpha value is -2.77. The maximum absolute atomic E-state index is 12.1. The summed E-state index contributed by atoms with van der Waals surface area (Å²) >= 11 is 7.26. The molecule has 0 bridgehead atoms. The quantitative estimate of drug-likeness (QED) is 0.795. The van der Waals surface area contributed by atoms with Crippen molar-refractivity contribution in [3.63, 3.8) is 0 Å². The minimum absolute atomic E-state index is 0.276. The van der Waals surface area contributed by atoms with Crippen LogP contribution in [0.1, 0.15) is 5.56 Å². The van der Waals surface area contributed by atoms with Gasteiger partial charge in [0.1, 0.15) is 12.4 Å². The molecule has 0 aliphatic carbocycles. The zero-order valence-corrected chi connectivity index (χ0v) is 14.8. The fourth-order valence-electron chi connectivity index (χ4n) is 2.12. The summed E-state index contributed by atoms with van der Waals surface area (Å²) in [5.74, 6) is -1.21. The van der Waals surface area contributed by atoms with E-state index < -0.39 is 12.6 Å². The highest BCUT2D eigenvalue weighted by Gasteiger charge is 2.24. The van der Waals surface area contributed by atoms with Crippen molar-refractivity contribution in [2.45, 2.75) is 0 Å². The number of carboxylic acid groups (broad SMARTS) is 1. The van der Waals surface area contributed by atoms with Crippen molar-refractivity contribution < 1.29 is 19.4 Å². The van der Waals surface area contributed by atoms with Gasteiger partial charge in [0.2, 0.25) is 0 Å². The Balaban J connectivity index is 1.78. The van der Waals surface area contributed by atoms with Gasteiger partial charge in [-0.3, -0.25) is 4.79 Å². The van der Waals surface area contributed by atoms with Gasteiger partial charge >= 0.3 is 0 Å². The van der Waals surface area contributed by atoms with E-state index in [0.717, 1.165) is 0 Å². The van der Waals surface area contributed by atoms with Crippen molar-refractivity contribution >= 4 is 52.2 Å². The molecule has 8 heteroatoms. The molecule has 26 heavy (non-hydrogen) atoms. The van der Waals surface area contributed by atoms with Crippen LogP contribution in [0.4, 0.5) is 5.69 Å². The van der Waals surface area contributed by atoms with E-state index in [-0.39, 0.29) is 5.91 Å². The Kier molecular flexibility index (Phi) is 5.60. The van der Waals surface area contributed by atoms with Gasteiger partial charge in [-0.15, -0.1) is 0 Å². The number of para-hydroxylation sites is 1. The van der Waals surface area contributed by atoms with Gasteiger partial charge in [0.25, 0.3) is 5.91 Å². The molecule has 1 fully saturated rings. The van der Waals surface area contributed by atoms with Crippen molar-refractivity contribution in [3.05, 3.63) is 64.0 Å². The van der Waals surface area contributed by atoms with Gasteiger partial charge in [-0.2, -0.15) is 0 Å². The molecular weight excluding hydrogens is 376 g/mol. The molecule has 1 heterocycles. The van der Waals surface area contributed by atoms with Gasteiger partial charge in [-0.25, -0.2) is 4.99 Å².